The molecule has 3 aromatic rings. The van der Waals surface area contributed by atoms with Gasteiger partial charge < -0.3 is 15.8 Å². The Morgan fingerprint density at radius 3 is 2.61 bits per heavy atom. The third-order valence-corrected chi connectivity index (χ3v) is 6.50. The summed E-state index contributed by atoms with van der Waals surface area (Å²) in [7, 11) is 3.96. The SMILES string of the molecule is CN(C)[C@@H]1COc2ccc(-c3nc(-c4ccc5c(c4)C(C)(C)CNC5=O)c(N)nc3F)cc21. The fourth-order valence-corrected chi connectivity index (χ4v) is 4.54. The van der Waals surface area contributed by atoms with Gasteiger partial charge in [0.1, 0.15) is 23.7 Å². The normalized spacial score (nSPS) is 18.5. The molecule has 1 atom stereocenters. The molecule has 8 heteroatoms. The maximum atomic E-state index is 14.9. The smallest absolute Gasteiger partial charge is 0.251 e. The topological polar surface area (TPSA) is 93.4 Å². The van der Waals surface area contributed by atoms with Crippen LogP contribution in [0.15, 0.2) is 36.4 Å². The minimum absolute atomic E-state index is 0.00456. The molecule has 1 aromatic heterocycles. The second kappa shape index (κ2) is 7.52. The van der Waals surface area contributed by atoms with Crippen molar-refractivity contribution in [1.82, 2.24) is 20.2 Å². The molecule has 7 nitrogen and oxygen atoms in total. The van der Waals surface area contributed by atoms with Crippen LogP contribution in [0.5, 0.6) is 5.75 Å². The highest BCUT2D eigenvalue weighted by molar-refractivity contribution is 5.98. The fourth-order valence-electron chi connectivity index (χ4n) is 4.54. The second-order valence-corrected chi connectivity index (χ2v) is 9.47. The average Bonchev–Trinajstić information content (AvgIpc) is 3.20. The van der Waals surface area contributed by atoms with E-state index in [2.05, 4.69) is 34.0 Å². The number of amides is 1. The molecule has 1 amide bonds. The maximum Gasteiger partial charge on any atom is 0.251 e. The van der Waals surface area contributed by atoms with E-state index in [0.717, 1.165) is 16.9 Å². The largest absolute Gasteiger partial charge is 0.491 e. The third-order valence-electron chi connectivity index (χ3n) is 6.50. The number of hydrogen-bond acceptors (Lipinski definition) is 6. The van der Waals surface area contributed by atoms with Crippen molar-refractivity contribution in [2.24, 2.45) is 0 Å². The lowest BCUT2D eigenvalue weighted by molar-refractivity contribution is 0.0930. The Hall–Kier alpha value is -3.52. The summed E-state index contributed by atoms with van der Waals surface area (Å²) < 4.78 is 20.7. The van der Waals surface area contributed by atoms with Crippen LogP contribution in [-0.2, 0) is 5.41 Å². The predicted molar refractivity (Wildman–Crippen MR) is 125 cm³/mol. The first kappa shape index (κ1) is 21.3. The highest BCUT2D eigenvalue weighted by Gasteiger charge is 2.32. The van der Waals surface area contributed by atoms with Crippen molar-refractivity contribution < 1.29 is 13.9 Å². The molecule has 3 heterocycles. The number of rotatable bonds is 3. The third kappa shape index (κ3) is 3.51. The van der Waals surface area contributed by atoms with Crippen LogP contribution >= 0.6 is 0 Å². The van der Waals surface area contributed by atoms with Crippen LogP contribution in [0.25, 0.3) is 22.5 Å². The Morgan fingerprint density at radius 2 is 1.85 bits per heavy atom. The van der Waals surface area contributed by atoms with Gasteiger partial charge in [-0.25, -0.2) is 4.98 Å². The standard InChI is InChI=1S/C25H26FN5O2/c1-25(2)12-28-24(32)15-7-5-14(10-17(15)25)21-23(27)30-22(26)20(29-21)13-6-8-19-16(9-13)18(11-33-19)31(3)4/h5-10,18H,11-12H2,1-4H3,(H2,27,30)(H,28,32)/t18-/m1/s1. The number of halogens is 1. The molecule has 3 N–H and O–H groups in total. The van der Waals surface area contributed by atoms with Gasteiger partial charge in [0.25, 0.3) is 5.91 Å². The number of fused-ring (bicyclic) bond motifs is 2. The van der Waals surface area contributed by atoms with Gasteiger partial charge in [-0.3, -0.25) is 9.69 Å². The molecular weight excluding hydrogens is 421 g/mol. The van der Waals surface area contributed by atoms with Crippen molar-refractivity contribution in [2.45, 2.75) is 25.3 Å². The van der Waals surface area contributed by atoms with Crippen molar-refractivity contribution >= 4 is 11.7 Å². The van der Waals surface area contributed by atoms with Crippen LogP contribution in [0.3, 0.4) is 0 Å². The summed E-state index contributed by atoms with van der Waals surface area (Å²) in [4.78, 5) is 22.9. The number of carbonyl (C=O) groups is 1. The van der Waals surface area contributed by atoms with Gasteiger partial charge in [0.2, 0.25) is 5.95 Å². The van der Waals surface area contributed by atoms with Crippen LogP contribution < -0.4 is 15.8 Å². The van der Waals surface area contributed by atoms with Crippen LogP contribution in [0.1, 0.15) is 41.4 Å². The minimum atomic E-state index is -0.728. The zero-order chi connectivity index (χ0) is 23.5. The van der Waals surface area contributed by atoms with Crippen LogP contribution in [0.4, 0.5) is 10.2 Å². The van der Waals surface area contributed by atoms with Gasteiger partial charge in [-0.2, -0.15) is 9.37 Å². The van der Waals surface area contributed by atoms with Crippen molar-refractivity contribution in [2.75, 3.05) is 33.0 Å². The summed E-state index contributed by atoms with van der Waals surface area (Å²) in [5.74, 6) is -0.0404. The number of anilines is 1. The Bertz CT molecular complexity index is 1290. The van der Waals surface area contributed by atoms with E-state index >= 15 is 0 Å². The van der Waals surface area contributed by atoms with Gasteiger partial charge in [-0.05, 0) is 50.0 Å². The summed E-state index contributed by atoms with van der Waals surface area (Å²) in [5.41, 5.74) is 10.2. The van der Waals surface area contributed by atoms with Crippen LogP contribution in [0, 0.1) is 5.95 Å². The molecule has 170 valence electrons. The van der Waals surface area contributed by atoms with Crippen LogP contribution in [0.2, 0.25) is 0 Å². The molecule has 33 heavy (non-hydrogen) atoms. The molecule has 2 aromatic carbocycles. The molecule has 2 aliphatic rings. The Labute approximate surface area is 191 Å². The Balaban J connectivity index is 1.62. The zero-order valence-corrected chi connectivity index (χ0v) is 19.1. The summed E-state index contributed by atoms with van der Waals surface area (Å²) in [6.45, 7) is 5.20. The van der Waals surface area contributed by atoms with Crippen molar-refractivity contribution in [3.8, 4) is 28.3 Å². The number of nitrogen functional groups attached to an aromatic ring is 1. The predicted octanol–water partition coefficient (Wildman–Crippen LogP) is 3.55. The molecule has 0 bridgehead atoms. The highest BCUT2D eigenvalue weighted by atomic mass is 19.1. The number of benzene rings is 2. The molecule has 0 radical (unpaired) electrons. The van der Waals surface area contributed by atoms with E-state index < -0.39 is 5.95 Å². The summed E-state index contributed by atoms with van der Waals surface area (Å²) in [5, 5.41) is 2.91. The minimum Gasteiger partial charge on any atom is -0.491 e. The number of nitrogens with zero attached hydrogens (tertiary/aromatic N) is 3. The number of ether oxygens (including phenoxy) is 1. The lowest BCUT2D eigenvalue weighted by atomic mass is 9.78. The van der Waals surface area contributed by atoms with Gasteiger partial charge in [0.05, 0.1) is 6.04 Å². The lowest BCUT2D eigenvalue weighted by Gasteiger charge is -2.32. The van der Waals surface area contributed by atoms with Crippen LogP contribution in [-0.4, -0.2) is 48.0 Å². The molecule has 5 rings (SSSR count). The van der Waals surface area contributed by atoms with Gasteiger partial charge in [0.15, 0.2) is 5.82 Å². The van der Waals surface area contributed by atoms with E-state index in [9.17, 15) is 9.18 Å². The number of likely N-dealkylation sites (N-methyl/N-ethyl adjacent to an activating group) is 1. The van der Waals surface area contributed by atoms with Gasteiger partial charge >= 0.3 is 0 Å². The maximum absolute atomic E-state index is 14.9. The molecule has 0 unspecified atom stereocenters. The summed E-state index contributed by atoms with van der Waals surface area (Å²) in [6, 6.07) is 11.1. The number of nitrogens with two attached hydrogens (primary N) is 1. The monoisotopic (exact) mass is 447 g/mol. The highest BCUT2D eigenvalue weighted by Crippen LogP contribution is 2.39. The number of hydrogen-bond donors (Lipinski definition) is 2. The van der Waals surface area contributed by atoms with Crippen molar-refractivity contribution in [1.29, 1.82) is 0 Å². The van der Waals surface area contributed by atoms with Crippen molar-refractivity contribution in [3.63, 3.8) is 0 Å². The summed E-state index contributed by atoms with van der Waals surface area (Å²) in [6.07, 6.45) is 0. The van der Waals surface area contributed by atoms with E-state index in [-0.39, 0.29) is 28.9 Å². The molecular formula is C25H26FN5O2. The number of carbonyl (C=O) groups excluding carboxylic acids is 1. The first-order valence-electron chi connectivity index (χ1n) is 10.9. The molecule has 0 saturated heterocycles. The molecule has 0 aliphatic carbocycles. The van der Waals surface area contributed by atoms with Crippen molar-refractivity contribution in [3.05, 3.63) is 59.0 Å². The Morgan fingerprint density at radius 1 is 1.12 bits per heavy atom. The van der Waals surface area contributed by atoms with E-state index in [1.54, 1.807) is 18.2 Å². The number of aromatic nitrogens is 2. The first-order chi connectivity index (χ1) is 15.7. The van der Waals surface area contributed by atoms with Gasteiger partial charge in [-0.1, -0.05) is 19.9 Å². The summed E-state index contributed by atoms with van der Waals surface area (Å²) >= 11 is 0. The molecule has 0 fully saturated rings. The molecule has 0 saturated carbocycles. The Kier molecular flexibility index (Phi) is 4.86. The molecule has 2 aliphatic heterocycles. The zero-order valence-electron chi connectivity index (χ0n) is 19.1. The number of nitrogens with one attached hydrogen (secondary N) is 1. The quantitative estimate of drug-likeness (QED) is 0.638. The molecule has 0 spiro atoms. The fraction of sp³-hybridized carbons (Fsp3) is 0.320. The average molecular weight is 448 g/mol. The first-order valence-corrected chi connectivity index (χ1v) is 10.9. The van der Waals surface area contributed by atoms with E-state index in [4.69, 9.17) is 10.5 Å². The van der Waals surface area contributed by atoms with E-state index in [1.165, 1.54) is 0 Å². The second-order valence-electron chi connectivity index (χ2n) is 9.47. The van der Waals surface area contributed by atoms with Gasteiger partial charge in [0, 0.05) is 34.2 Å². The van der Waals surface area contributed by atoms with Gasteiger partial charge in [-0.15, -0.1) is 0 Å². The van der Waals surface area contributed by atoms with E-state index in [1.807, 2.05) is 32.3 Å². The lowest BCUT2D eigenvalue weighted by Crippen LogP contribution is -2.43. The van der Waals surface area contributed by atoms with E-state index in [0.29, 0.717) is 35.5 Å².